The van der Waals surface area contributed by atoms with Crippen molar-refractivity contribution in [2.24, 2.45) is 0 Å². The maximum absolute atomic E-state index is 12.7. The van der Waals surface area contributed by atoms with E-state index in [2.05, 4.69) is 4.98 Å². The third-order valence-electron chi connectivity index (χ3n) is 3.29. The molecule has 1 aromatic heterocycles. The van der Waals surface area contributed by atoms with Gasteiger partial charge in [0.25, 0.3) is 5.91 Å². The van der Waals surface area contributed by atoms with Crippen LogP contribution in [0.3, 0.4) is 0 Å². The molecule has 0 saturated carbocycles. The monoisotopic (exact) mass is 298 g/mol. The Morgan fingerprint density at radius 1 is 1.05 bits per heavy atom. The van der Waals surface area contributed by atoms with Gasteiger partial charge in [0.05, 0.1) is 0 Å². The third-order valence-corrected chi connectivity index (χ3v) is 3.29. The Hall–Kier alpha value is -2.36. The molecule has 0 unspecified atom stereocenters. The SMILES string of the molecule is CC(C)N(C(=O)c1cccc(Oc2ccccn2)c1)C(C)C. The van der Waals surface area contributed by atoms with Crippen molar-refractivity contribution in [1.29, 1.82) is 0 Å². The molecular formula is C18H22N2O2. The van der Waals surface area contributed by atoms with Crippen molar-refractivity contribution in [3.05, 3.63) is 54.2 Å². The summed E-state index contributed by atoms with van der Waals surface area (Å²) in [5.74, 6) is 1.13. The van der Waals surface area contributed by atoms with E-state index >= 15 is 0 Å². The summed E-state index contributed by atoms with van der Waals surface area (Å²) in [5.41, 5.74) is 0.621. The number of ether oxygens (including phenoxy) is 1. The summed E-state index contributed by atoms with van der Waals surface area (Å²) in [7, 11) is 0. The number of aromatic nitrogens is 1. The quantitative estimate of drug-likeness (QED) is 0.833. The van der Waals surface area contributed by atoms with E-state index in [1.165, 1.54) is 0 Å². The molecule has 0 radical (unpaired) electrons. The van der Waals surface area contributed by atoms with E-state index in [9.17, 15) is 4.79 Å². The summed E-state index contributed by atoms with van der Waals surface area (Å²) in [6.07, 6.45) is 1.67. The van der Waals surface area contributed by atoms with Crippen molar-refractivity contribution in [3.63, 3.8) is 0 Å². The Labute approximate surface area is 131 Å². The minimum atomic E-state index is 0.0106. The van der Waals surface area contributed by atoms with Crippen LogP contribution in [0.2, 0.25) is 0 Å². The lowest BCUT2D eigenvalue weighted by atomic mass is 10.1. The van der Waals surface area contributed by atoms with Crippen LogP contribution in [0.15, 0.2) is 48.7 Å². The largest absolute Gasteiger partial charge is 0.439 e. The summed E-state index contributed by atoms with van der Waals surface area (Å²) < 4.78 is 5.69. The molecule has 0 aliphatic carbocycles. The molecule has 2 aromatic rings. The zero-order chi connectivity index (χ0) is 16.1. The van der Waals surface area contributed by atoms with E-state index in [1.54, 1.807) is 18.3 Å². The van der Waals surface area contributed by atoms with Gasteiger partial charge in [-0.25, -0.2) is 4.98 Å². The molecule has 1 aromatic carbocycles. The van der Waals surface area contributed by atoms with E-state index in [4.69, 9.17) is 4.74 Å². The summed E-state index contributed by atoms with van der Waals surface area (Å²) in [5, 5.41) is 0. The first-order valence-corrected chi connectivity index (χ1v) is 7.50. The van der Waals surface area contributed by atoms with Gasteiger partial charge in [-0.15, -0.1) is 0 Å². The molecule has 2 rings (SSSR count). The lowest BCUT2D eigenvalue weighted by molar-refractivity contribution is 0.0643. The number of amides is 1. The normalized spacial score (nSPS) is 10.8. The van der Waals surface area contributed by atoms with Gasteiger partial charge in [0, 0.05) is 29.9 Å². The van der Waals surface area contributed by atoms with Crippen LogP contribution in [0.1, 0.15) is 38.1 Å². The van der Waals surface area contributed by atoms with Crippen LogP contribution in [-0.2, 0) is 0 Å². The lowest BCUT2D eigenvalue weighted by Gasteiger charge is -2.30. The van der Waals surface area contributed by atoms with Gasteiger partial charge < -0.3 is 9.64 Å². The fraction of sp³-hybridized carbons (Fsp3) is 0.333. The first kappa shape index (κ1) is 16.0. The average Bonchev–Trinajstić information content (AvgIpc) is 2.47. The van der Waals surface area contributed by atoms with Crippen molar-refractivity contribution >= 4 is 5.91 Å². The Morgan fingerprint density at radius 3 is 2.36 bits per heavy atom. The molecule has 0 atom stereocenters. The van der Waals surface area contributed by atoms with Crippen LogP contribution in [0.4, 0.5) is 0 Å². The molecule has 4 nitrogen and oxygen atoms in total. The molecule has 116 valence electrons. The minimum Gasteiger partial charge on any atom is -0.439 e. The number of hydrogen-bond acceptors (Lipinski definition) is 3. The smallest absolute Gasteiger partial charge is 0.254 e. The molecule has 1 amide bonds. The molecule has 0 N–H and O–H groups in total. The standard InChI is InChI=1S/C18H22N2O2/c1-13(2)20(14(3)4)18(21)15-8-7-9-16(12-15)22-17-10-5-6-11-19-17/h5-14H,1-4H3. The zero-order valence-electron chi connectivity index (χ0n) is 13.5. The first-order chi connectivity index (χ1) is 10.5. The molecule has 1 heterocycles. The highest BCUT2D eigenvalue weighted by atomic mass is 16.5. The predicted molar refractivity (Wildman–Crippen MR) is 87.2 cm³/mol. The summed E-state index contributed by atoms with van der Waals surface area (Å²) in [4.78, 5) is 18.7. The van der Waals surface area contributed by atoms with E-state index in [-0.39, 0.29) is 18.0 Å². The molecule has 0 aliphatic heterocycles. The third kappa shape index (κ3) is 3.85. The summed E-state index contributed by atoms with van der Waals surface area (Å²) in [6.45, 7) is 8.08. The van der Waals surface area contributed by atoms with Crippen molar-refractivity contribution < 1.29 is 9.53 Å². The highest BCUT2D eigenvalue weighted by molar-refractivity contribution is 5.95. The lowest BCUT2D eigenvalue weighted by Crippen LogP contribution is -2.42. The number of carbonyl (C=O) groups is 1. The number of carbonyl (C=O) groups excluding carboxylic acids is 1. The number of hydrogen-bond donors (Lipinski definition) is 0. The Bertz CT molecular complexity index is 616. The van der Waals surface area contributed by atoms with Crippen molar-refractivity contribution in [3.8, 4) is 11.6 Å². The van der Waals surface area contributed by atoms with Gasteiger partial charge in [0.15, 0.2) is 0 Å². The topological polar surface area (TPSA) is 42.4 Å². The zero-order valence-corrected chi connectivity index (χ0v) is 13.5. The highest BCUT2D eigenvalue weighted by Crippen LogP contribution is 2.22. The molecular weight excluding hydrogens is 276 g/mol. The van der Waals surface area contributed by atoms with Gasteiger partial charge in [-0.05, 0) is 52.0 Å². The van der Waals surface area contributed by atoms with Gasteiger partial charge in [0.1, 0.15) is 5.75 Å². The molecule has 0 fully saturated rings. The van der Waals surface area contributed by atoms with Gasteiger partial charge >= 0.3 is 0 Å². The molecule has 0 aliphatic rings. The second-order valence-electron chi connectivity index (χ2n) is 5.70. The maximum atomic E-state index is 12.7. The van der Waals surface area contributed by atoms with E-state index in [0.29, 0.717) is 17.2 Å². The maximum Gasteiger partial charge on any atom is 0.254 e. The number of rotatable bonds is 5. The number of pyridine rings is 1. The molecule has 0 spiro atoms. The van der Waals surface area contributed by atoms with Crippen molar-refractivity contribution in [2.45, 2.75) is 39.8 Å². The van der Waals surface area contributed by atoms with Crippen LogP contribution in [0.25, 0.3) is 0 Å². The van der Waals surface area contributed by atoms with Gasteiger partial charge in [-0.2, -0.15) is 0 Å². The number of nitrogens with zero attached hydrogens (tertiary/aromatic N) is 2. The Balaban J connectivity index is 2.22. The predicted octanol–water partition coefficient (Wildman–Crippen LogP) is 4.13. The van der Waals surface area contributed by atoms with Gasteiger partial charge in [0.2, 0.25) is 5.88 Å². The fourth-order valence-corrected chi connectivity index (χ4v) is 2.44. The average molecular weight is 298 g/mol. The first-order valence-electron chi connectivity index (χ1n) is 7.50. The second-order valence-corrected chi connectivity index (χ2v) is 5.70. The summed E-state index contributed by atoms with van der Waals surface area (Å²) in [6, 6.07) is 13.0. The van der Waals surface area contributed by atoms with Crippen molar-refractivity contribution in [1.82, 2.24) is 9.88 Å². The van der Waals surface area contributed by atoms with E-state index < -0.39 is 0 Å². The van der Waals surface area contributed by atoms with Crippen LogP contribution >= 0.6 is 0 Å². The molecule has 0 bridgehead atoms. The van der Waals surface area contributed by atoms with Gasteiger partial charge in [-0.1, -0.05) is 12.1 Å². The Morgan fingerprint density at radius 2 is 1.77 bits per heavy atom. The van der Waals surface area contributed by atoms with Gasteiger partial charge in [-0.3, -0.25) is 4.79 Å². The molecule has 22 heavy (non-hydrogen) atoms. The van der Waals surface area contributed by atoms with Crippen LogP contribution in [0, 0.1) is 0 Å². The summed E-state index contributed by atoms with van der Waals surface area (Å²) >= 11 is 0. The van der Waals surface area contributed by atoms with E-state index in [1.807, 2.05) is 62.9 Å². The minimum absolute atomic E-state index is 0.0106. The molecule has 0 saturated heterocycles. The second kappa shape index (κ2) is 7.07. The Kier molecular flexibility index (Phi) is 5.15. The van der Waals surface area contributed by atoms with Crippen LogP contribution in [-0.4, -0.2) is 27.9 Å². The van der Waals surface area contributed by atoms with Crippen LogP contribution in [0.5, 0.6) is 11.6 Å². The van der Waals surface area contributed by atoms with Crippen LogP contribution < -0.4 is 4.74 Å². The number of benzene rings is 1. The highest BCUT2D eigenvalue weighted by Gasteiger charge is 2.21. The molecule has 4 heteroatoms. The van der Waals surface area contributed by atoms with Crippen molar-refractivity contribution in [2.75, 3.05) is 0 Å². The van der Waals surface area contributed by atoms with E-state index in [0.717, 1.165) is 0 Å². The fourth-order valence-electron chi connectivity index (χ4n) is 2.44.